The van der Waals surface area contributed by atoms with E-state index in [1.165, 1.54) is 0 Å². The number of benzene rings is 1. The van der Waals surface area contributed by atoms with Crippen molar-refractivity contribution in [2.75, 3.05) is 0 Å². The van der Waals surface area contributed by atoms with Crippen molar-refractivity contribution in [3.05, 3.63) is 63.9 Å². The molecule has 0 saturated carbocycles. The van der Waals surface area contributed by atoms with Crippen molar-refractivity contribution in [1.29, 1.82) is 0 Å². The van der Waals surface area contributed by atoms with Crippen LogP contribution in [0.2, 0.25) is 0 Å². The van der Waals surface area contributed by atoms with Crippen LogP contribution in [0.1, 0.15) is 21.6 Å². The van der Waals surface area contributed by atoms with Gasteiger partial charge in [-0.05, 0) is 36.4 Å². The first kappa shape index (κ1) is 13.7. The number of ketones is 1. The third-order valence-electron chi connectivity index (χ3n) is 2.43. The number of rotatable bonds is 2. The van der Waals surface area contributed by atoms with Gasteiger partial charge in [0.2, 0.25) is 5.78 Å². The molecule has 0 unspecified atom stereocenters. The Kier molecular flexibility index (Phi) is 3.71. The highest BCUT2D eigenvalue weighted by atomic mass is 79.9. The summed E-state index contributed by atoms with van der Waals surface area (Å²) in [4.78, 5) is 15.5. The smallest absolute Gasteiger partial charge is 0.287 e. The van der Waals surface area contributed by atoms with Gasteiger partial charge >= 0.3 is 6.18 Å². The highest BCUT2D eigenvalue weighted by Crippen LogP contribution is 2.28. The number of nitrogens with zero attached hydrogens (tertiary/aromatic N) is 1. The summed E-state index contributed by atoms with van der Waals surface area (Å²) in [5, 5.41) is 0. The lowest BCUT2D eigenvalue weighted by molar-refractivity contribution is -0.137. The quantitative estimate of drug-likeness (QED) is 0.776. The second-order valence-electron chi connectivity index (χ2n) is 3.77. The molecule has 98 valence electrons. The van der Waals surface area contributed by atoms with Gasteiger partial charge in [-0.1, -0.05) is 15.9 Å². The maximum absolute atomic E-state index is 12.4. The lowest BCUT2D eigenvalue weighted by atomic mass is 10.1. The summed E-state index contributed by atoms with van der Waals surface area (Å²) in [6.45, 7) is 0. The predicted octanol–water partition coefficient (Wildman–Crippen LogP) is 4.09. The van der Waals surface area contributed by atoms with E-state index in [1.54, 1.807) is 24.3 Å². The van der Waals surface area contributed by atoms with Crippen molar-refractivity contribution in [2.45, 2.75) is 6.18 Å². The van der Waals surface area contributed by atoms with E-state index in [9.17, 15) is 18.0 Å². The molecule has 0 amide bonds. The van der Waals surface area contributed by atoms with Crippen molar-refractivity contribution >= 4 is 21.7 Å². The number of pyridine rings is 1. The Balaban J connectivity index is 2.27. The van der Waals surface area contributed by atoms with Crippen LogP contribution >= 0.6 is 15.9 Å². The second kappa shape index (κ2) is 5.13. The van der Waals surface area contributed by atoms with Crippen molar-refractivity contribution < 1.29 is 18.0 Å². The van der Waals surface area contributed by atoms with Crippen LogP contribution in [0.3, 0.4) is 0 Å². The van der Waals surface area contributed by atoms with Gasteiger partial charge in [0, 0.05) is 16.2 Å². The molecule has 19 heavy (non-hydrogen) atoms. The Morgan fingerprint density at radius 3 is 2.16 bits per heavy atom. The average Bonchev–Trinajstić information content (AvgIpc) is 2.38. The Morgan fingerprint density at radius 2 is 1.68 bits per heavy atom. The fourth-order valence-corrected chi connectivity index (χ4v) is 1.71. The zero-order valence-corrected chi connectivity index (χ0v) is 11.0. The molecule has 0 saturated heterocycles. The summed E-state index contributed by atoms with van der Waals surface area (Å²) < 4.78 is 37.9. The van der Waals surface area contributed by atoms with E-state index < -0.39 is 17.5 Å². The van der Waals surface area contributed by atoms with Crippen molar-refractivity contribution in [2.24, 2.45) is 0 Å². The summed E-state index contributed by atoms with van der Waals surface area (Å²) in [6.07, 6.45) is -3.79. The van der Waals surface area contributed by atoms with Gasteiger partial charge in [0.1, 0.15) is 5.69 Å². The SMILES string of the molecule is O=C(c1ccc(Br)cc1)c1ccc(C(F)(F)F)cn1. The first-order chi connectivity index (χ1) is 8.88. The average molecular weight is 330 g/mol. The van der Waals surface area contributed by atoms with Gasteiger partial charge in [-0.25, -0.2) is 0 Å². The largest absolute Gasteiger partial charge is 0.417 e. The molecule has 0 N–H and O–H groups in total. The van der Waals surface area contributed by atoms with Gasteiger partial charge in [-0.3, -0.25) is 9.78 Å². The van der Waals surface area contributed by atoms with Crippen LogP contribution in [0.25, 0.3) is 0 Å². The van der Waals surface area contributed by atoms with Crippen molar-refractivity contribution in [1.82, 2.24) is 4.98 Å². The number of alkyl halides is 3. The molecule has 2 nitrogen and oxygen atoms in total. The molecule has 0 aliphatic rings. The summed E-state index contributed by atoms with van der Waals surface area (Å²) >= 11 is 3.23. The fraction of sp³-hybridized carbons (Fsp3) is 0.0769. The molecule has 6 heteroatoms. The van der Waals surface area contributed by atoms with Gasteiger partial charge in [0.25, 0.3) is 0 Å². The minimum Gasteiger partial charge on any atom is -0.287 e. The van der Waals surface area contributed by atoms with Gasteiger partial charge in [-0.15, -0.1) is 0 Å². The Hall–Kier alpha value is -1.69. The fourth-order valence-electron chi connectivity index (χ4n) is 1.45. The third-order valence-corrected chi connectivity index (χ3v) is 2.96. The van der Waals surface area contributed by atoms with Crippen LogP contribution in [0.4, 0.5) is 13.2 Å². The molecular formula is C13H7BrF3NO. The Morgan fingerprint density at radius 1 is 1.05 bits per heavy atom. The van der Waals surface area contributed by atoms with Crippen molar-refractivity contribution in [3.63, 3.8) is 0 Å². The van der Waals surface area contributed by atoms with E-state index in [0.29, 0.717) is 11.8 Å². The molecule has 2 rings (SSSR count). The summed E-state index contributed by atoms with van der Waals surface area (Å²) in [7, 11) is 0. The van der Waals surface area contributed by atoms with E-state index >= 15 is 0 Å². The summed E-state index contributed by atoms with van der Waals surface area (Å²) in [6, 6.07) is 8.43. The van der Waals surface area contributed by atoms with Crippen LogP contribution in [-0.2, 0) is 6.18 Å². The molecule has 0 fully saturated rings. The van der Waals surface area contributed by atoms with Gasteiger partial charge in [-0.2, -0.15) is 13.2 Å². The molecule has 0 bridgehead atoms. The minimum absolute atomic E-state index is 0.0182. The molecule has 0 radical (unpaired) electrons. The van der Waals surface area contributed by atoms with E-state index in [-0.39, 0.29) is 5.69 Å². The molecule has 1 heterocycles. The number of hydrogen-bond acceptors (Lipinski definition) is 2. The number of carbonyl (C=O) groups is 1. The van der Waals surface area contributed by atoms with E-state index in [2.05, 4.69) is 20.9 Å². The van der Waals surface area contributed by atoms with Gasteiger partial charge in [0.15, 0.2) is 0 Å². The van der Waals surface area contributed by atoms with E-state index in [0.717, 1.165) is 16.6 Å². The Bertz CT molecular complexity index is 591. The monoisotopic (exact) mass is 329 g/mol. The number of hydrogen-bond donors (Lipinski definition) is 0. The standard InChI is InChI=1S/C13H7BrF3NO/c14-10-4-1-8(2-5-10)12(19)11-6-3-9(7-18-11)13(15,16)17/h1-7H. The van der Waals surface area contributed by atoms with Crippen molar-refractivity contribution in [3.8, 4) is 0 Å². The molecule has 2 aromatic rings. The van der Waals surface area contributed by atoms with Crippen LogP contribution in [0, 0.1) is 0 Å². The molecular weight excluding hydrogens is 323 g/mol. The molecule has 0 aliphatic heterocycles. The topological polar surface area (TPSA) is 30.0 Å². The number of halogens is 4. The van der Waals surface area contributed by atoms with Crippen LogP contribution < -0.4 is 0 Å². The molecule has 0 atom stereocenters. The van der Waals surface area contributed by atoms with Gasteiger partial charge in [0.05, 0.1) is 5.56 Å². The minimum atomic E-state index is -4.45. The highest BCUT2D eigenvalue weighted by Gasteiger charge is 2.30. The number of carbonyl (C=O) groups excluding carboxylic acids is 1. The molecule has 0 aliphatic carbocycles. The number of aromatic nitrogens is 1. The second-order valence-corrected chi connectivity index (χ2v) is 4.68. The highest BCUT2D eigenvalue weighted by molar-refractivity contribution is 9.10. The van der Waals surface area contributed by atoms with Crippen LogP contribution in [0.5, 0.6) is 0 Å². The lowest BCUT2D eigenvalue weighted by Crippen LogP contribution is -2.08. The maximum Gasteiger partial charge on any atom is 0.417 e. The molecule has 0 spiro atoms. The predicted molar refractivity (Wildman–Crippen MR) is 66.8 cm³/mol. The zero-order valence-electron chi connectivity index (χ0n) is 9.41. The van der Waals surface area contributed by atoms with Crippen LogP contribution in [-0.4, -0.2) is 10.8 Å². The lowest BCUT2D eigenvalue weighted by Gasteiger charge is -2.06. The van der Waals surface area contributed by atoms with E-state index in [1.807, 2.05) is 0 Å². The third kappa shape index (κ3) is 3.20. The maximum atomic E-state index is 12.4. The molecule has 1 aromatic carbocycles. The molecule has 1 aromatic heterocycles. The first-order valence-corrected chi connectivity index (χ1v) is 6.01. The van der Waals surface area contributed by atoms with Gasteiger partial charge < -0.3 is 0 Å². The Labute approximate surface area is 115 Å². The summed E-state index contributed by atoms with van der Waals surface area (Å²) in [5.41, 5.74) is -0.523. The zero-order chi connectivity index (χ0) is 14.0. The summed E-state index contributed by atoms with van der Waals surface area (Å²) in [5.74, 6) is -0.416. The van der Waals surface area contributed by atoms with E-state index in [4.69, 9.17) is 0 Å². The normalized spacial score (nSPS) is 11.4. The first-order valence-electron chi connectivity index (χ1n) is 5.21. The van der Waals surface area contributed by atoms with Crippen LogP contribution in [0.15, 0.2) is 47.1 Å².